The van der Waals surface area contributed by atoms with Crippen molar-refractivity contribution in [2.45, 2.75) is 118 Å². The molecule has 7 atom stereocenters. The zero-order chi connectivity index (χ0) is 26.6. The quantitative estimate of drug-likeness (QED) is 0.462. The van der Waals surface area contributed by atoms with Crippen molar-refractivity contribution in [3.63, 3.8) is 0 Å². The van der Waals surface area contributed by atoms with Crippen LogP contribution in [0.5, 0.6) is 0 Å². The molecule has 1 heterocycles. The summed E-state index contributed by atoms with van der Waals surface area (Å²) in [4.78, 5) is 14.5. The van der Waals surface area contributed by atoms with E-state index in [-0.39, 0.29) is 45.0 Å². The first kappa shape index (κ1) is 25.8. The Bertz CT molecular complexity index is 1140. The van der Waals surface area contributed by atoms with Gasteiger partial charge in [0.1, 0.15) is 5.76 Å². The zero-order valence-corrected chi connectivity index (χ0v) is 24.4. The summed E-state index contributed by atoms with van der Waals surface area (Å²) in [6.45, 7) is 17.2. The lowest BCUT2D eigenvalue weighted by Gasteiger charge is -2.70. The summed E-state index contributed by atoms with van der Waals surface area (Å²) in [6, 6.07) is 0. The molecule has 1 N–H and O–H groups in total. The Kier molecular flexibility index (Phi) is 5.47. The molecule has 6 rings (SSSR count). The van der Waals surface area contributed by atoms with Crippen molar-refractivity contribution in [1.82, 2.24) is 5.16 Å². The van der Waals surface area contributed by atoms with Gasteiger partial charge in [-0.25, -0.2) is 0 Å². The van der Waals surface area contributed by atoms with Gasteiger partial charge < -0.3 is 9.63 Å². The van der Waals surface area contributed by atoms with Crippen LogP contribution in [-0.2, 0) is 16.6 Å². The van der Waals surface area contributed by atoms with Crippen LogP contribution in [0.15, 0.2) is 22.4 Å². The second-order valence-electron chi connectivity index (χ2n) is 15.9. The first-order valence-corrected chi connectivity index (χ1v) is 15.1. The van der Waals surface area contributed by atoms with Gasteiger partial charge in [0.25, 0.3) is 0 Å². The van der Waals surface area contributed by atoms with Gasteiger partial charge in [0, 0.05) is 23.5 Å². The van der Waals surface area contributed by atoms with E-state index in [1.54, 1.807) is 0 Å². The highest BCUT2D eigenvalue weighted by atomic mass is 16.5. The van der Waals surface area contributed by atoms with E-state index >= 15 is 0 Å². The lowest BCUT2D eigenvalue weighted by molar-refractivity contribution is -0.173. The lowest BCUT2D eigenvalue weighted by Crippen LogP contribution is -2.65. The van der Waals surface area contributed by atoms with Crippen LogP contribution in [0.1, 0.15) is 118 Å². The standard InChI is InChI=1S/C33H49NO3/c1-28(2)12-14-33(10-8-16-35)15-13-32(7)26(22(33)19-28)23(36)17-25-30(5)18-21-20-34-37-27(21)29(3,4)24(30)9-11-31(25,32)6/h17,20,22,24,26,35H,8-16,18-19H2,1-7H3/t22?,24-,26?,30-,31+,32+,33+/m0/s1. The number of allylic oxidation sites excluding steroid dienone is 2. The molecule has 0 spiro atoms. The molecule has 1 aromatic rings. The van der Waals surface area contributed by atoms with Gasteiger partial charge in [-0.3, -0.25) is 4.79 Å². The summed E-state index contributed by atoms with van der Waals surface area (Å²) in [5.41, 5.74) is 2.99. The normalized spacial score (nSPS) is 45.6. The SMILES string of the molecule is CC1(C)CC[C@]2(CCCO)CC[C@]3(C)C(C(=O)C=C4[C@@]5(C)Cc6cnoc6C(C)(C)[C@@H]5CC[C@]43C)C2C1. The molecule has 5 aliphatic carbocycles. The molecular weight excluding hydrogens is 458 g/mol. The van der Waals surface area contributed by atoms with Gasteiger partial charge in [-0.2, -0.15) is 0 Å². The maximum Gasteiger partial charge on any atom is 0.159 e. The Balaban J connectivity index is 1.48. The van der Waals surface area contributed by atoms with Crippen molar-refractivity contribution in [3.8, 4) is 0 Å². The Morgan fingerprint density at radius 2 is 1.76 bits per heavy atom. The number of aliphatic hydroxyl groups excluding tert-OH is 1. The third-order valence-electron chi connectivity index (χ3n) is 13.3. The minimum atomic E-state index is -0.0960. The van der Waals surface area contributed by atoms with Crippen molar-refractivity contribution in [2.75, 3.05) is 6.61 Å². The van der Waals surface area contributed by atoms with Gasteiger partial charge in [0.05, 0.1) is 6.20 Å². The molecule has 0 radical (unpaired) electrons. The van der Waals surface area contributed by atoms with Crippen molar-refractivity contribution >= 4 is 5.78 Å². The molecule has 0 aliphatic heterocycles. The van der Waals surface area contributed by atoms with Crippen LogP contribution in [-0.4, -0.2) is 22.7 Å². The fourth-order valence-electron chi connectivity index (χ4n) is 11.3. The number of fused-ring (bicyclic) bond motifs is 8. The Labute approximate surface area is 224 Å². The summed E-state index contributed by atoms with van der Waals surface area (Å²) >= 11 is 0. The fraction of sp³-hybridized carbons (Fsp3) is 0.818. The molecule has 0 saturated heterocycles. The summed E-state index contributed by atoms with van der Waals surface area (Å²) in [5, 5.41) is 14.0. The van der Waals surface area contributed by atoms with Gasteiger partial charge in [0.2, 0.25) is 0 Å². The number of carbonyl (C=O) groups is 1. The first-order chi connectivity index (χ1) is 17.2. The van der Waals surface area contributed by atoms with Crippen molar-refractivity contribution in [3.05, 3.63) is 29.2 Å². The summed E-state index contributed by atoms with van der Waals surface area (Å²) in [5.74, 6) is 2.41. The number of hydrogen-bond acceptors (Lipinski definition) is 4. The van der Waals surface area contributed by atoms with Crippen LogP contribution in [0.25, 0.3) is 0 Å². The molecule has 3 saturated carbocycles. The van der Waals surface area contributed by atoms with Crippen molar-refractivity contribution in [1.29, 1.82) is 0 Å². The lowest BCUT2D eigenvalue weighted by atomic mass is 9.33. The van der Waals surface area contributed by atoms with Crippen LogP contribution < -0.4 is 0 Å². The highest BCUT2D eigenvalue weighted by Crippen LogP contribution is 2.75. The summed E-state index contributed by atoms with van der Waals surface area (Å²) in [6.07, 6.45) is 15.2. The largest absolute Gasteiger partial charge is 0.396 e. The van der Waals surface area contributed by atoms with E-state index in [0.717, 1.165) is 44.3 Å². The summed E-state index contributed by atoms with van der Waals surface area (Å²) in [7, 11) is 0. The Morgan fingerprint density at radius 1 is 1.03 bits per heavy atom. The maximum atomic E-state index is 14.5. The van der Waals surface area contributed by atoms with Gasteiger partial charge in [0.15, 0.2) is 5.78 Å². The van der Waals surface area contributed by atoms with Crippen LogP contribution in [0.2, 0.25) is 0 Å². The van der Waals surface area contributed by atoms with Crippen LogP contribution >= 0.6 is 0 Å². The number of aliphatic hydroxyl groups is 1. The van der Waals surface area contributed by atoms with Crippen LogP contribution in [0.4, 0.5) is 0 Å². The average Bonchev–Trinajstić information content (AvgIpc) is 3.28. The van der Waals surface area contributed by atoms with E-state index < -0.39 is 0 Å². The van der Waals surface area contributed by atoms with Gasteiger partial charge in [-0.05, 0) is 109 Å². The predicted octanol–water partition coefficient (Wildman–Crippen LogP) is 7.44. The van der Waals surface area contributed by atoms with E-state index in [0.29, 0.717) is 17.6 Å². The molecule has 4 nitrogen and oxygen atoms in total. The Hall–Kier alpha value is -1.42. The van der Waals surface area contributed by atoms with E-state index in [1.807, 2.05) is 6.20 Å². The van der Waals surface area contributed by atoms with Gasteiger partial charge in [-0.15, -0.1) is 0 Å². The third-order valence-corrected chi connectivity index (χ3v) is 13.3. The second-order valence-corrected chi connectivity index (χ2v) is 15.9. The maximum absolute atomic E-state index is 14.5. The van der Waals surface area contributed by atoms with E-state index in [2.05, 4.69) is 59.7 Å². The molecule has 3 fully saturated rings. The number of nitrogens with zero attached hydrogens (tertiary/aromatic N) is 1. The van der Waals surface area contributed by atoms with Gasteiger partial charge in [-0.1, -0.05) is 59.2 Å². The topological polar surface area (TPSA) is 63.3 Å². The van der Waals surface area contributed by atoms with Crippen LogP contribution in [0, 0.1) is 44.8 Å². The Morgan fingerprint density at radius 3 is 2.49 bits per heavy atom. The number of aromatic nitrogens is 1. The molecule has 2 unspecified atom stereocenters. The van der Waals surface area contributed by atoms with E-state index in [4.69, 9.17) is 4.52 Å². The first-order valence-electron chi connectivity index (χ1n) is 15.1. The number of ketones is 1. The van der Waals surface area contributed by atoms with Crippen LogP contribution in [0.3, 0.4) is 0 Å². The molecule has 204 valence electrons. The van der Waals surface area contributed by atoms with E-state index in [1.165, 1.54) is 36.8 Å². The minimum absolute atomic E-state index is 0.0201. The molecule has 37 heavy (non-hydrogen) atoms. The molecule has 0 aromatic carbocycles. The molecule has 4 heteroatoms. The summed E-state index contributed by atoms with van der Waals surface area (Å²) < 4.78 is 5.82. The second kappa shape index (κ2) is 7.83. The zero-order valence-electron chi connectivity index (χ0n) is 24.4. The van der Waals surface area contributed by atoms with Gasteiger partial charge >= 0.3 is 0 Å². The third kappa shape index (κ3) is 3.23. The highest BCUT2D eigenvalue weighted by molar-refractivity contribution is 5.95. The predicted molar refractivity (Wildman–Crippen MR) is 146 cm³/mol. The molecular formula is C33H49NO3. The number of hydrogen-bond donors (Lipinski definition) is 1. The minimum Gasteiger partial charge on any atom is -0.396 e. The van der Waals surface area contributed by atoms with Crippen molar-refractivity contribution < 1.29 is 14.4 Å². The highest BCUT2D eigenvalue weighted by Gasteiger charge is 2.69. The molecule has 5 aliphatic rings. The molecule has 0 amide bonds. The van der Waals surface area contributed by atoms with E-state index in [9.17, 15) is 9.90 Å². The molecule has 1 aromatic heterocycles. The number of rotatable bonds is 3. The fourth-order valence-corrected chi connectivity index (χ4v) is 11.3. The smallest absolute Gasteiger partial charge is 0.159 e. The molecule has 0 bridgehead atoms. The number of carbonyl (C=O) groups excluding carboxylic acids is 1. The average molecular weight is 508 g/mol. The monoisotopic (exact) mass is 507 g/mol. The van der Waals surface area contributed by atoms with Crippen molar-refractivity contribution in [2.24, 2.45) is 44.8 Å².